The van der Waals surface area contributed by atoms with Crippen molar-refractivity contribution in [2.45, 2.75) is 33.3 Å². The van der Waals surface area contributed by atoms with Crippen LogP contribution in [0.5, 0.6) is 11.5 Å². The number of fused-ring (bicyclic) bond motifs is 1. The molecular weight excluding hydrogens is 581 g/mol. The first-order valence-electron chi connectivity index (χ1n) is 13.3. The molecule has 216 valence electrons. The molecule has 42 heavy (non-hydrogen) atoms. The van der Waals surface area contributed by atoms with Crippen molar-refractivity contribution in [2.75, 3.05) is 13.2 Å². The van der Waals surface area contributed by atoms with E-state index >= 15 is 0 Å². The van der Waals surface area contributed by atoms with Crippen LogP contribution in [-0.2, 0) is 16.1 Å². The van der Waals surface area contributed by atoms with Crippen LogP contribution in [-0.4, -0.2) is 24.3 Å². The van der Waals surface area contributed by atoms with Crippen molar-refractivity contribution >= 4 is 40.1 Å². The van der Waals surface area contributed by atoms with Crippen molar-refractivity contribution in [3.63, 3.8) is 0 Å². The quantitative estimate of drug-likeness (QED) is 0.147. The van der Waals surface area contributed by atoms with E-state index in [2.05, 4.69) is 5.16 Å². The lowest BCUT2D eigenvalue weighted by Crippen LogP contribution is -2.14. The van der Waals surface area contributed by atoms with Gasteiger partial charge in [0.2, 0.25) is 0 Å². The monoisotopic (exact) mass is 607 g/mol. The Morgan fingerprint density at radius 2 is 1.69 bits per heavy atom. The minimum absolute atomic E-state index is 0.0392. The van der Waals surface area contributed by atoms with Gasteiger partial charge in [-0.1, -0.05) is 60.4 Å². The number of carbonyl (C=O) groups is 1. The highest BCUT2D eigenvalue weighted by Crippen LogP contribution is 2.39. The third kappa shape index (κ3) is 6.15. The van der Waals surface area contributed by atoms with E-state index in [4.69, 9.17) is 46.4 Å². The predicted octanol–water partition coefficient (Wildman–Crippen LogP) is 8.07. The molecule has 0 N–H and O–H groups in total. The molecular formula is C32H27Cl2NO7. The summed E-state index contributed by atoms with van der Waals surface area (Å²) in [6, 6.07) is 17.1. The Balaban J connectivity index is 1.36. The average Bonchev–Trinajstić information content (AvgIpc) is 3.39. The van der Waals surface area contributed by atoms with Gasteiger partial charge in [0.25, 0.3) is 0 Å². The number of hydrogen-bond donors (Lipinski definition) is 0. The van der Waals surface area contributed by atoms with Gasteiger partial charge in [-0.25, -0.2) is 4.79 Å². The van der Waals surface area contributed by atoms with Gasteiger partial charge in [-0.2, -0.15) is 0 Å². The van der Waals surface area contributed by atoms with Gasteiger partial charge in [0.05, 0.1) is 33.2 Å². The second-order valence-corrected chi connectivity index (χ2v) is 10.5. The third-order valence-corrected chi connectivity index (χ3v) is 7.13. The van der Waals surface area contributed by atoms with Crippen LogP contribution in [0, 0.1) is 0 Å². The Labute approximate surface area is 251 Å². The fraction of sp³-hybridized carbons (Fsp3) is 0.219. The first-order valence-corrected chi connectivity index (χ1v) is 14.0. The minimum atomic E-state index is -0.452. The van der Waals surface area contributed by atoms with Crippen molar-refractivity contribution in [2.24, 2.45) is 0 Å². The molecule has 2 heterocycles. The standard InChI is InChI=1S/C32H27Cl2NO7/c1-4-38-28(36)17-40-20-10-8-19(9-11-20)23-15-41-27-14-21(12-13-22(27)31(23)37)39-16-24-30(35-42-32(24)18(2)3)29-25(33)6-5-7-26(29)34/h5-15,18H,4,16-17H2,1-3H3. The summed E-state index contributed by atoms with van der Waals surface area (Å²) in [5.74, 6) is 1.22. The van der Waals surface area contributed by atoms with Crippen molar-refractivity contribution in [3.8, 4) is 33.9 Å². The molecule has 0 aliphatic heterocycles. The van der Waals surface area contributed by atoms with Crippen LogP contribution in [0.25, 0.3) is 33.4 Å². The molecule has 5 aromatic rings. The zero-order valence-corrected chi connectivity index (χ0v) is 24.6. The van der Waals surface area contributed by atoms with E-state index in [0.29, 0.717) is 60.7 Å². The number of aromatic nitrogens is 1. The smallest absolute Gasteiger partial charge is 0.344 e. The SMILES string of the molecule is CCOC(=O)COc1ccc(-c2coc3cc(OCc4c(-c5c(Cl)cccc5Cl)noc4C(C)C)ccc3c2=O)cc1. The molecule has 3 aromatic carbocycles. The van der Waals surface area contributed by atoms with Crippen LogP contribution in [0.3, 0.4) is 0 Å². The van der Waals surface area contributed by atoms with Crippen LogP contribution in [0.4, 0.5) is 0 Å². The van der Waals surface area contributed by atoms with Crippen molar-refractivity contribution < 1.29 is 27.9 Å². The lowest BCUT2D eigenvalue weighted by molar-refractivity contribution is -0.145. The molecule has 0 atom stereocenters. The summed E-state index contributed by atoms with van der Waals surface area (Å²) in [5.41, 5.74) is 3.04. The van der Waals surface area contributed by atoms with Crippen LogP contribution in [0.15, 0.2) is 80.7 Å². The Morgan fingerprint density at radius 3 is 2.38 bits per heavy atom. The number of hydrogen-bond acceptors (Lipinski definition) is 8. The van der Waals surface area contributed by atoms with Gasteiger partial charge in [0, 0.05) is 17.5 Å². The second-order valence-electron chi connectivity index (χ2n) is 9.67. The maximum absolute atomic E-state index is 13.3. The molecule has 10 heteroatoms. The van der Waals surface area contributed by atoms with Crippen molar-refractivity contribution in [1.82, 2.24) is 5.16 Å². The maximum atomic E-state index is 13.3. The minimum Gasteiger partial charge on any atom is -0.489 e. The van der Waals surface area contributed by atoms with Crippen LogP contribution in [0.1, 0.15) is 38.0 Å². The van der Waals surface area contributed by atoms with Gasteiger partial charge >= 0.3 is 5.97 Å². The van der Waals surface area contributed by atoms with Gasteiger partial charge in [0.15, 0.2) is 12.0 Å². The summed E-state index contributed by atoms with van der Waals surface area (Å²) in [5, 5.41) is 5.57. The molecule has 8 nitrogen and oxygen atoms in total. The first-order chi connectivity index (χ1) is 20.3. The third-order valence-electron chi connectivity index (χ3n) is 6.50. The molecule has 0 bridgehead atoms. The molecule has 0 spiro atoms. The first kappa shape index (κ1) is 29.2. The van der Waals surface area contributed by atoms with E-state index in [1.54, 1.807) is 67.6 Å². The number of carbonyl (C=O) groups excluding carboxylic acids is 1. The van der Waals surface area contributed by atoms with Crippen LogP contribution in [0.2, 0.25) is 10.0 Å². The highest BCUT2D eigenvalue weighted by molar-refractivity contribution is 6.39. The fourth-order valence-corrected chi connectivity index (χ4v) is 5.04. The number of halogens is 2. The summed E-state index contributed by atoms with van der Waals surface area (Å²) >= 11 is 12.9. The zero-order chi connectivity index (χ0) is 29.8. The zero-order valence-electron chi connectivity index (χ0n) is 23.1. The molecule has 0 unspecified atom stereocenters. The number of esters is 1. The van der Waals surface area contributed by atoms with Gasteiger partial charge < -0.3 is 23.2 Å². The van der Waals surface area contributed by atoms with Crippen molar-refractivity contribution in [1.29, 1.82) is 0 Å². The normalized spacial score (nSPS) is 11.2. The summed E-state index contributed by atoms with van der Waals surface area (Å²) in [6.45, 7) is 5.94. The van der Waals surface area contributed by atoms with Gasteiger partial charge in [-0.3, -0.25) is 4.79 Å². The van der Waals surface area contributed by atoms with E-state index in [9.17, 15) is 9.59 Å². The number of ether oxygens (including phenoxy) is 3. The summed E-state index contributed by atoms with van der Waals surface area (Å²) in [6.07, 6.45) is 1.41. The lowest BCUT2D eigenvalue weighted by atomic mass is 10.0. The number of rotatable bonds is 10. The van der Waals surface area contributed by atoms with Crippen molar-refractivity contribution in [3.05, 3.63) is 98.5 Å². The Kier molecular flexibility index (Phi) is 8.85. The van der Waals surface area contributed by atoms with E-state index in [1.165, 1.54) is 6.26 Å². The van der Waals surface area contributed by atoms with Gasteiger partial charge in [0.1, 0.15) is 41.4 Å². The number of nitrogens with zero attached hydrogens (tertiary/aromatic N) is 1. The topological polar surface area (TPSA) is 101 Å². The van der Waals surface area contributed by atoms with Crippen LogP contribution < -0.4 is 14.9 Å². The molecule has 0 aliphatic carbocycles. The largest absolute Gasteiger partial charge is 0.489 e. The predicted molar refractivity (Wildman–Crippen MR) is 160 cm³/mol. The van der Waals surface area contributed by atoms with Gasteiger partial charge in [-0.05, 0) is 48.9 Å². The Morgan fingerprint density at radius 1 is 0.976 bits per heavy atom. The fourth-order valence-electron chi connectivity index (χ4n) is 4.46. The molecule has 0 radical (unpaired) electrons. The highest BCUT2D eigenvalue weighted by atomic mass is 35.5. The summed E-state index contributed by atoms with van der Waals surface area (Å²) in [7, 11) is 0. The summed E-state index contributed by atoms with van der Waals surface area (Å²) < 4.78 is 27.9. The van der Waals surface area contributed by atoms with E-state index in [1.807, 2.05) is 13.8 Å². The van der Waals surface area contributed by atoms with Gasteiger partial charge in [-0.15, -0.1) is 0 Å². The molecule has 0 saturated heterocycles. The van der Waals surface area contributed by atoms with E-state index in [0.717, 1.165) is 5.56 Å². The Bertz CT molecular complexity index is 1770. The molecule has 0 fully saturated rings. The second kappa shape index (κ2) is 12.7. The molecule has 0 amide bonds. The molecule has 0 saturated carbocycles. The van der Waals surface area contributed by atoms with E-state index in [-0.39, 0.29) is 31.2 Å². The molecule has 5 rings (SSSR count). The van der Waals surface area contributed by atoms with Crippen LogP contribution >= 0.6 is 23.2 Å². The highest BCUT2D eigenvalue weighted by Gasteiger charge is 2.24. The number of benzene rings is 3. The Hall–Kier alpha value is -4.27. The maximum Gasteiger partial charge on any atom is 0.344 e. The summed E-state index contributed by atoms with van der Waals surface area (Å²) in [4.78, 5) is 24.8. The molecule has 0 aliphatic rings. The average molecular weight is 608 g/mol. The lowest BCUT2D eigenvalue weighted by Gasteiger charge is -2.11. The van der Waals surface area contributed by atoms with E-state index < -0.39 is 5.97 Å². The molecule has 2 aromatic heterocycles.